The highest BCUT2D eigenvalue weighted by atomic mass is 16.5. The number of amides is 1. The molecule has 0 spiro atoms. The standard InChI is InChI=1S/C15H24N2O3/c1-5-16-11(3)9-15(18)17-12-7-8-13(19-4)14(10-12)20-6-2/h7-8,10-11,16H,5-6,9H2,1-4H3,(H,17,18). The van der Waals surface area contributed by atoms with Crippen molar-refractivity contribution >= 4 is 11.6 Å². The summed E-state index contributed by atoms with van der Waals surface area (Å²) in [5, 5.41) is 6.07. The molecule has 0 saturated heterocycles. The first-order valence-electron chi connectivity index (χ1n) is 6.94. The quantitative estimate of drug-likeness (QED) is 0.768. The number of carbonyl (C=O) groups is 1. The molecular weight excluding hydrogens is 256 g/mol. The second-order valence-electron chi connectivity index (χ2n) is 4.51. The number of carbonyl (C=O) groups excluding carboxylic acids is 1. The maximum absolute atomic E-state index is 11.9. The first-order valence-corrected chi connectivity index (χ1v) is 6.94. The number of nitrogens with one attached hydrogen (secondary N) is 2. The van der Waals surface area contributed by atoms with Gasteiger partial charge in [-0.15, -0.1) is 0 Å². The zero-order chi connectivity index (χ0) is 15.0. The van der Waals surface area contributed by atoms with Gasteiger partial charge in [0.2, 0.25) is 5.91 Å². The van der Waals surface area contributed by atoms with Crippen molar-refractivity contribution in [3.63, 3.8) is 0 Å². The zero-order valence-corrected chi connectivity index (χ0v) is 12.7. The fourth-order valence-electron chi connectivity index (χ4n) is 1.93. The van der Waals surface area contributed by atoms with Crippen molar-refractivity contribution in [1.82, 2.24) is 5.32 Å². The highest BCUT2D eigenvalue weighted by Gasteiger charge is 2.10. The van der Waals surface area contributed by atoms with E-state index in [9.17, 15) is 4.79 Å². The molecule has 1 rings (SSSR count). The van der Waals surface area contributed by atoms with E-state index in [0.717, 1.165) is 6.54 Å². The van der Waals surface area contributed by atoms with E-state index in [4.69, 9.17) is 9.47 Å². The fourth-order valence-corrected chi connectivity index (χ4v) is 1.93. The lowest BCUT2D eigenvalue weighted by Crippen LogP contribution is -2.30. The average Bonchev–Trinajstić information content (AvgIpc) is 2.39. The topological polar surface area (TPSA) is 59.6 Å². The molecule has 2 N–H and O–H groups in total. The van der Waals surface area contributed by atoms with Crippen LogP contribution in [0.25, 0.3) is 0 Å². The summed E-state index contributed by atoms with van der Waals surface area (Å²) in [6, 6.07) is 5.52. The minimum absolute atomic E-state index is 0.0222. The van der Waals surface area contributed by atoms with Crippen molar-refractivity contribution < 1.29 is 14.3 Å². The van der Waals surface area contributed by atoms with Crippen LogP contribution in [0.4, 0.5) is 5.69 Å². The van der Waals surface area contributed by atoms with Crippen LogP contribution in [0.3, 0.4) is 0 Å². The Labute approximate surface area is 120 Å². The zero-order valence-electron chi connectivity index (χ0n) is 12.7. The summed E-state index contributed by atoms with van der Waals surface area (Å²) in [4.78, 5) is 11.9. The Morgan fingerprint density at radius 3 is 2.65 bits per heavy atom. The van der Waals surface area contributed by atoms with Crippen LogP contribution < -0.4 is 20.1 Å². The molecule has 20 heavy (non-hydrogen) atoms. The minimum Gasteiger partial charge on any atom is -0.493 e. The molecule has 5 heteroatoms. The van der Waals surface area contributed by atoms with Crippen molar-refractivity contribution in [3.8, 4) is 11.5 Å². The molecule has 112 valence electrons. The summed E-state index contributed by atoms with van der Waals surface area (Å²) >= 11 is 0. The van der Waals surface area contributed by atoms with Gasteiger partial charge in [-0.05, 0) is 32.5 Å². The lowest BCUT2D eigenvalue weighted by molar-refractivity contribution is -0.116. The summed E-state index contributed by atoms with van der Waals surface area (Å²) in [5.41, 5.74) is 0.711. The molecule has 0 bridgehead atoms. The molecule has 0 radical (unpaired) electrons. The van der Waals surface area contributed by atoms with Crippen molar-refractivity contribution in [3.05, 3.63) is 18.2 Å². The third-order valence-corrected chi connectivity index (χ3v) is 2.79. The van der Waals surface area contributed by atoms with Gasteiger partial charge in [0.25, 0.3) is 0 Å². The third kappa shape index (κ3) is 5.09. The molecule has 1 amide bonds. The van der Waals surface area contributed by atoms with E-state index in [1.165, 1.54) is 0 Å². The Hall–Kier alpha value is -1.75. The normalized spacial score (nSPS) is 11.8. The van der Waals surface area contributed by atoms with Gasteiger partial charge in [0, 0.05) is 24.2 Å². The lowest BCUT2D eigenvalue weighted by Gasteiger charge is -2.14. The van der Waals surface area contributed by atoms with E-state index in [2.05, 4.69) is 10.6 Å². The van der Waals surface area contributed by atoms with E-state index in [1.807, 2.05) is 20.8 Å². The van der Waals surface area contributed by atoms with Gasteiger partial charge in [0.1, 0.15) is 0 Å². The molecule has 0 aromatic heterocycles. The first kappa shape index (κ1) is 16.3. The summed E-state index contributed by atoms with van der Waals surface area (Å²) in [6.45, 7) is 7.31. The summed E-state index contributed by atoms with van der Waals surface area (Å²) in [5.74, 6) is 1.27. The monoisotopic (exact) mass is 280 g/mol. The third-order valence-electron chi connectivity index (χ3n) is 2.79. The Balaban J connectivity index is 2.67. The second kappa shape index (κ2) is 8.43. The molecular formula is C15H24N2O3. The molecule has 0 aliphatic rings. The van der Waals surface area contributed by atoms with Crippen molar-refractivity contribution in [1.29, 1.82) is 0 Å². The van der Waals surface area contributed by atoms with Gasteiger partial charge < -0.3 is 20.1 Å². The van der Waals surface area contributed by atoms with E-state index < -0.39 is 0 Å². The number of methoxy groups -OCH3 is 1. The molecule has 1 atom stereocenters. The van der Waals surface area contributed by atoms with Crippen molar-refractivity contribution in [2.24, 2.45) is 0 Å². The van der Waals surface area contributed by atoms with Crippen LogP contribution in [-0.2, 0) is 4.79 Å². The largest absolute Gasteiger partial charge is 0.493 e. The average molecular weight is 280 g/mol. The maximum Gasteiger partial charge on any atom is 0.225 e. The van der Waals surface area contributed by atoms with Crippen LogP contribution in [0.1, 0.15) is 27.2 Å². The number of hydrogen-bond donors (Lipinski definition) is 2. The van der Waals surface area contributed by atoms with E-state index in [-0.39, 0.29) is 11.9 Å². The summed E-state index contributed by atoms with van der Waals surface area (Å²) < 4.78 is 10.7. The molecule has 1 unspecified atom stereocenters. The van der Waals surface area contributed by atoms with Gasteiger partial charge >= 0.3 is 0 Å². The van der Waals surface area contributed by atoms with Gasteiger partial charge in [-0.2, -0.15) is 0 Å². The lowest BCUT2D eigenvalue weighted by atomic mass is 10.2. The van der Waals surface area contributed by atoms with E-state index in [1.54, 1.807) is 25.3 Å². The van der Waals surface area contributed by atoms with Crippen molar-refractivity contribution in [2.45, 2.75) is 33.2 Å². The molecule has 0 aliphatic carbocycles. The van der Waals surface area contributed by atoms with Crippen LogP contribution in [0.15, 0.2) is 18.2 Å². The second-order valence-corrected chi connectivity index (χ2v) is 4.51. The fraction of sp³-hybridized carbons (Fsp3) is 0.533. The SMILES string of the molecule is CCNC(C)CC(=O)Nc1ccc(OC)c(OCC)c1. The highest BCUT2D eigenvalue weighted by molar-refractivity contribution is 5.91. The van der Waals surface area contributed by atoms with E-state index in [0.29, 0.717) is 30.2 Å². The summed E-state index contributed by atoms with van der Waals surface area (Å²) in [6.07, 6.45) is 0.434. The van der Waals surface area contributed by atoms with Crippen LogP contribution >= 0.6 is 0 Å². The maximum atomic E-state index is 11.9. The van der Waals surface area contributed by atoms with Gasteiger partial charge in [0.15, 0.2) is 11.5 Å². The Bertz CT molecular complexity index is 435. The molecule has 0 heterocycles. The van der Waals surface area contributed by atoms with Gasteiger partial charge in [-0.3, -0.25) is 4.79 Å². The number of rotatable bonds is 8. The number of anilines is 1. The highest BCUT2D eigenvalue weighted by Crippen LogP contribution is 2.30. The Kier molecular flexibility index (Phi) is 6.87. The minimum atomic E-state index is -0.0222. The van der Waals surface area contributed by atoms with Crippen LogP contribution in [0.2, 0.25) is 0 Å². The smallest absolute Gasteiger partial charge is 0.225 e. The Morgan fingerprint density at radius 2 is 2.05 bits per heavy atom. The summed E-state index contributed by atoms with van der Waals surface area (Å²) in [7, 11) is 1.59. The molecule has 1 aromatic rings. The van der Waals surface area contributed by atoms with Crippen LogP contribution in [0.5, 0.6) is 11.5 Å². The Morgan fingerprint density at radius 1 is 1.30 bits per heavy atom. The van der Waals surface area contributed by atoms with Crippen LogP contribution in [-0.4, -0.2) is 32.2 Å². The first-order chi connectivity index (χ1) is 9.60. The molecule has 0 fully saturated rings. The predicted molar refractivity (Wildman–Crippen MR) is 80.5 cm³/mol. The molecule has 1 aromatic carbocycles. The molecule has 0 aliphatic heterocycles. The van der Waals surface area contributed by atoms with Gasteiger partial charge in [-0.1, -0.05) is 6.92 Å². The van der Waals surface area contributed by atoms with Crippen LogP contribution in [0, 0.1) is 0 Å². The predicted octanol–water partition coefficient (Wildman–Crippen LogP) is 2.42. The molecule has 5 nitrogen and oxygen atoms in total. The number of ether oxygens (including phenoxy) is 2. The van der Waals surface area contributed by atoms with Gasteiger partial charge in [-0.25, -0.2) is 0 Å². The van der Waals surface area contributed by atoms with E-state index >= 15 is 0 Å². The number of benzene rings is 1. The molecule has 0 saturated carbocycles. The van der Waals surface area contributed by atoms with Crippen molar-refractivity contribution in [2.75, 3.05) is 25.6 Å². The number of hydrogen-bond acceptors (Lipinski definition) is 4. The van der Waals surface area contributed by atoms with Gasteiger partial charge in [0.05, 0.1) is 13.7 Å².